The van der Waals surface area contributed by atoms with Gasteiger partial charge in [0.2, 0.25) is 11.7 Å². The summed E-state index contributed by atoms with van der Waals surface area (Å²) in [7, 11) is 1.62. The number of carbonyl (C=O) groups is 1. The number of rotatable bonds is 7. The van der Waals surface area contributed by atoms with E-state index >= 15 is 0 Å². The SMILES string of the molecule is COc1ccc(-c2noc(CN3CCN(C(=O)C(C)Oc4cccc(C#N)c4)CC3)n2)cc1. The van der Waals surface area contributed by atoms with E-state index in [0.29, 0.717) is 55.8 Å². The fourth-order valence-corrected chi connectivity index (χ4v) is 3.64. The predicted octanol–water partition coefficient (Wildman–Crippen LogP) is 2.73. The average molecular weight is 447 g/mol. The minimum atomic E-state index is -0.631. The van der Waals surface area contributed by atoms with Gasteiger partial charge in [-0.15, -0.1) is 0 Å². The average Bonchev–Trinajstić information content (AvgIpc) is 3.32. The summed E-state index contributed by atoms with van der Waals surface area (Å²) >= 11 is 0. The van der Waals surface area contributed by atoms with Crippen molar-refractivity contribution in [1.82, 2.24) is 19.9 Å². The Balaban J connectivity index is 1.27. The fraction of sp³-hybridized carbons (Fsp3) is 0.333. The zero-order valence-electron chi connectivity index (χ0n) is 18.6. The fourth-order valence-electron chi connectivity index (χ4n) is 3.64. The summed E-state index contributed by atoms with van der Waals surface area (Å²) in [6, 6.07) is 16.4. The Morgan fingerprint density at radius 2 is 1.91 bits per heavy atom. The first-order valence-corrected chi connectivity index (χ1v) is 10.7. The number of piperazine rings is 1. The molecule has 33 heavy (non-hydrogen) atoms. The Morgan fingerprint density at radius 1 is 1.15 bits per heavy atom. The molecular formula is C24H25N5O4. The third-order valence-corrected chi connectivity index (χ3v) is 5.48. The third kappa shape index (κ3) is 5.48. The highest BCUT2D eigenvalue weighted by Crippen LogP contribution is 2.20. The standard InChI is InChI=1S/C24H25N5O4/c1-17(32-21-5-3-4-18(14-21)15-25)24(30)29-12-10-28(11-13-29)16-22-26-23(27-33-22)19-6-8-20(31-2)9-7-19/h3-9,14,17H,10-13,16H2,1-2H3. The minimum Gasteiger partial charge on any atom is -0.497 e. The molecule has 2 aromatic carbocycles. The first kappa shape index (κ1) is 22.3. The first-order chi connectivity index (χ1) is 16.1. The van der Waals surface area contributed by atoms with Gasteiger partial charge >= 0.3 is 0 Å². The molecule has 0 aliphatic carbocycles. The molecule has 1 saturated heterocycles. The molecule has 1 atom stereocenters. The van der Waals surface area contributed by atoms with Crippen molar-refractivity contribution in [2.45, 2.75) is 19.6 Å². The summed E-state index contributed by atoms with van der Waals surface area (Å²) in [5, 5.41) is 13.1. The number of amides is 1. The second-order valence-corrected chi connectivity index (χ2v) is 7.74. The molecule has 9 nitrogen and oxygen atoms in total. The molecule has 0 saturated carbocycles. The van der Waals surface area contributed by atoms with E-state index in [4.69, 9.17) is 19.3 Å². The highest BCUT2D eigenvalue weighted by Gasteiger charge is 2.27. The van der Waals surface area contributed by atoms with Crippen LogP contribution in [-0.2, 0) is 11.3 Å². The largest absolute Gasteiger partial charge is 0.497 e. The number of hydrogen-bond acceptors (Lipinski definition) is 8. The lowest BCUT2D eigenvalue weighted by Gasteiger charge is -2.35. The van der Waals surface area contributed by atoms with E-state index in [2.05, 4.69) is 21.1 Å². The maximum Gasteiger partial charge on any atom is 0.263 e. The number of ether oxygens (including phenoxy) is 2. The van der Waals surface area contributed by atoms with Gasteiger partial charge in [-0.05, 0) is 49.4 Å². The van der Waals surface area contributed by atoms with Crippen LogP contribution < -0.4 is 9.47 Å². The van der Waals surface area contributed by atoms with Crippen molar-refractivity contribution in [2.75, 3.05) is 33.3 Å². The minimum absolute atomic E-state index is 0.0726. The number of benzene rings is 2. The highest BCUT2D eigenvalue weighted by atomic mass is 16.5. The molecule has 1 fully saturated rings. The Bertz CT molecular complexity index is 1130. The quantitative estimate of drug-likeness (QED) is 0.544. The van der Waals surface area contributed by atoms with Gasteiger partial charge in [-0.2, -0.15) is 10.2 Å². The lowest BCUT2D eigenvalue weighted by molar-refractivity contribution is -0.139. The Morgan fingerprint density at radius 3 is 2.61 bits per heavy atom. The van der Waals surface area contributed by atoms with Gasteiger partial charge < -0.3 is 18.9 Å². The zero-order chi connectivity index (χ0) is 23.2. The number of methoxy groups -OCH3 is 1. The van der Waals surface area contributed by atoms with E-state index in [9.17, 15) is 4.79 Å². The third-order valence-electron chi connectivity index (χ3n) is 5.48. The summed E-state index contributed by atoms with van der Waals surface area (Å²) in [5.41, 5.74) is 1.35. The molecule has 9 heteroatoms. The molecule has 170 valence electrons. The number of aromatic nitrogens is 2. The van der Waals surface area contributed by atoms with Crippen LogP contribution in [0, 0.1) is 11.3 Å². The molecule has 1 aliphatic rings. The second kappa shape index (κ2) is 10.1. The van der Waals surface area contributed by atoms with E-state index in [1.54, 1.807) is 43.2 Å². The van der Waals surface area contributed by atoms with Crippen LogP contribution >= 0.6 is 0 Å². The van der Waals surface area contributed by atoms with E-state index < -0.39 is 6.10 Å². The molecule has 0 spiro atoms. The smallest absolute Gasteiger partial charge is 0.263 e. The molecule has 2 heterocycles. The van der Waals surface area contributed by atoms with Crippen molar-refractivity contribution in [3.8, 4) is 29.0 Å². The van der Waals surface area contributed by atoms with Crippen molar-refractivity contribution in [3.05, 3.63) is 60.0 Å². The van der Waals surface area contributed by atoms with Gasteiger partial charge in [-0.25, -0.2) is 0 Å². The zero-order valence-corrected chi connectivity index (χ0v) is 18.6. The maximum absolute atomic E-state index is 12.8. The summed E-state index contributed by atoms with van der Waals surface area (Å²) in [4.78, 5) is 21.3. The molecule has 3 aromatic rings. The van der Waals surface area contributed by atoms with Crippen molar-refractivity contribution >= 4 is 5.91 Å². The molecule has 0 radical (unpaired) electrons. The Labute approximate surface area is 192 Å². The van der Waals surface area contributed by atoms with Gasteiger partial charge in [0.15, 0.2) is 6.10 Å². The van der Waals surface area contributed by atoms with Crippen LogP contribution in [-0.4, -0.2) is 65.2 Å². The van der Waals surface area contributed by atoms with Crippen LogP contribution in [0.4, 0.5) is 0 Å². The van der Waals surface area contributed by atoms with E-state index in [0.717, 1.165) is 11.3 Å². The molecule has 1 unspecified atom stereocenters. The van der Waals surface area contributed by atoms with E-state index in [1.807, 2.05) is 24.3 Å². The van der Waals surface area contributed by atoms with Crippen molar-refractivity contribution in [3.63, 3.8) is 0 Å². The van der Waals surface area contributed by atoms with Crippen LogP contribution in [0.25, 0.3) is 11.4 Å². The second-order valence-electron chi connectivity index (χ2n) is 7.74. The van der Waals surface area contributed by atoms with Crippen molar-refractivity contribution in [2.24, 2.45) is 0 Å². The van der Waals surface area contributed by atoms with Gasteiger partial charge in [0.05, 0.1) is 25.3 Å². The highest BCUT2D eigenvalue weighted by molar-refractivity contribution is 5.81. The first-order valence-electron chi connectivity index (χ1n) is 10.7. The predicted molar refractivity (Wildman–Crippen MR) is 119 cm³/mol. The van der Waals surface area contributed by atoms with Gasteiger partial charge in [0.1, 0.15) is 11.5 Å². The van der Waals surface area contributed by atoms with Crippen molar-refractivity contribution < 1.29 is 18.8 Å². The molecule has 1 aliphatic heterocycles. The summed E-state index contributed by atoms with van der Waals surface area (Å²) < 4.78 is 16.3. The molecule has 0 bridgehead atoms. The van der Waals surface area contributed by atoms with Gasteiger partial charge in [0, 0.05) is 31.7 Å². The molecular weight excluding hydrogens is 422 g/mol. The van der Waals surface area contributed by atoms with Gasteiger partial charge in [-0.3, -0.25) is 9.69 Å². The van der Waals surface area contributed by atoms with E-state index in [-0.39, 0.29) is 5.91 Å². The lowest BCUT2D eigenvalue weighted by atomic mass is 10.2. The van der Waals surface area contributed by atoms with Gasteiger partial charge in [0.25, 0.3) is 5.91 Å². The number of nitriles is 1. The van der Waals surface area contributed by atoms with E-state index in [1.165, 1.54) is 0 Å². The topological polar surface area (TPSA) is 105 Å². The van der Waals surface area contributed by atoms with Crippen LogP contribution in [0.2, 0.25) is 0 Å². The monoisotopic (exact) mass is 447 g/mol. The Kier molecular flexibility index (Phi) is 6.86. The van der Waals surface area contributed by atoms with Crippen LogP contribution in [0.15, 0.2) is 53.1 Å². The maximum atomic E-state index is 12.8. The summed E-state index contributed by atoms with van der Waals surface area (Å²) in [6.45, 7) is 4.82. The number of nitrogens with zero attached hydrogens (tertiary/aromatic N) is 5. The van der Waals surface area contributed by atoms with Crippen LogP contribution in [0.3, 0.4) is 0 Å². The van der Waals surface area contributed by atoms with Crippen LogP contribution in [0.1, 0.15) is 18.4 Å². The number of hydrogen-bond donors (Lipinski definition) is 0. The van der Waals surface area contributed by atoms with Crippen LogP contribution in [0.5, 0.6) is 11.5 Å². The van der Waals surface area contributed by atoms with Crippen molar-refractivity contribution in [1.29, 1.82) is 5.26 Å². The molecule has 0 N–H and O–H groups in total. The molecule has 4 rings (SSSR count). The normalized spacial score (nSPS) is 15.0. The number of carbonyl (C=O) groups excluding carboxylic acids is 1. The summed E-state index contributed by atoms with van der Waals surface area (Å²) in [5.74, 6) is 2.28. The Hall–Kier alpha value is -3.90. The molecule has 1 amide bonds. The molecule has 1 aromatic heterocycles. The van der Waals surface area contributed by atoms with Gasteiger partial charge in [-0.1, -0.05) is 11.2 Å². The lowest BCUT2D eigenvalue weighted by Crippen LogP contribution is -2.51. The summed E-state index contributed by atoms with van der Waals surface area (Å²) in [6.07, 6.45) is -0.631.